The monoisotopic (exact) mass is 317 g/mol. The number of rotatable bonds is 7. The van der Waals surface area contributed by atoms with E-state index in [-0.39, 0.29) is 5.97 Å². The minimum absolute atomic E-state index is 0.385. The van der Waals surface area contributed by atoms with Crippen LogP contribution in [0.3, 0.4) is 0 Å². The van der Waals surface area contributed by atoms with Crippen LogP contribution in [-0.4, -0.2) is 31.1 Å². The van der Waals surface area contributed by atoms with Crippen molar-refractivity contribution in [3.63, 3.8) is 0 Å². The quantitative estimate of drug-likeness (QED) is 0.622. The third kappa shape index (κ3) is 3.55. The molecule has 5 nitrogen and oxygen atoms in total. The van der Waals surface area contributed by atoms with E-state index in [0.29, 0.717) is 22.0 Å². The summed E-state index contributed by atoms with van der Waals surface area (Å²) in [6.45, 7) is 2.16. The van der Waals surface area contributed by atoms with Crippen molar-refractivity contribution in [3.8, 4) is 0 Å². The molecule has 1 aromatic carbocycles. The number of aromatic amines is 1. The number of para-hydroxylation sites is 1. The summed E-state index contributed by atoms with van der Waals surface area (Å²) in [5, 5.41) is 0.699. The van der Waals surface area contributed by atoms with E-state index in [1.807, 2.05) is 6.07 Å². The lowest BCUT2D eigenvalue weighted by Crippen LogP contribution is -2.04. The van der Waals surface area contributed by atoms with Crippen LogP contribution in [0.4, 0.5) is 0 Å². The topological polar surface area (TPSA) is 68.4 Å². The molecule has 0 unspecified atom stereocenters. The minimum atomic E-state index is -0.425. The molecular weight excluding hydrogens is 294 g/mol. The van der Waals surface area contributed by atoms with Crippen molar-refractivity contribution < 1.29 is 19.1 Å². The fraction of sp³-hybridized carbons (Fsp3) is 0.444. The van der Waals surface area contributed by atoms with Gasteiger partial charge in [0.1, 0.15) is 0 Å². The van der Waals surface area contributed by atoms with E-state index in [0.717, 1.165) is 31.4 Å². The molecule has 1 heterocycles. The van der Waals surface area contributed by atoms with Crippen molar-refractivity contribution in [2.24, 2.45) is 0 Å². The molecule has 1 aromatic heterocycles. The van der Waals surface area contributed by atoms with Crippen LogP contribution in [0.2, 0.25) is 0 Å². The second-order valence-electron chi connectivity index (χ2n) is 5.50. The maximum atomic E-state index is 12.2. The van der Waals surface area contributed by atoms with Gasteiger partial charge in [-0.05, 0) is 18.9 Å². The van der Waals surface area contributed by atoms with E-state index in [2.05, 4.69) is 11.9 Å². The highest BCUT2D eigenvalue weighted by Crippen LogP contribution is 2.27. The Morgan fingerprint density at radius 2 is 1.78 bits per heavy atom. The van der Waals surface area contributed by atoms with Gasteiger partial charge < -0.3 is 14.5 Å². The summed E-state index contributed by atoms with van der Waals surface area (Å²) in [7, 11) is 2.71. The van der Waals surface area contributed by atoms with Crippen LogP contribution in [0.15, 0.2) is 18.2 Å². The third-order valence-corrected chi connectivity index (χ3v) is 3.99. The molecule has 2 aromatic rings. The Kier molecular flexibility index (Phi) is 5.79. The molecule has 0 amide bonds. The smallest absolute Gasteiger partial charge is 0.340 e. The molecule has 0 atom stereocenters. The second kappa shape index (κ2) is 7.81. The number of hydrogen-bond acceptors (Lipinski definition) is 4. The lowest BCUT2D eigenvalue weighted by atomic mass is 10.0. The highest BCUT2D eigenvalue weighted by Gasteiger charge is 2.22. The first kappa shape index (κ1) is 17.1. The lowest BCUT2D eigenvalue weighted by molar-refractivity contribution is 0.0592. The van der Waals surface area contributed by atoms with Crippen LogP contribution in [0.25, 0.3) is 10.9 Å². The summed E-state index contributed by atoms with van der Waals surface area (Å²) in [4.78, 5) is 27.4. The molecule has 124 valence electrons. The number of carbonyl (C=O) groups excluding carboxylic acids is 2. The standard InChI is InChI=1S/C18H23NO4/c1-4-5-6-7-11-14-15(18(21)23-3)12-9-8-10-13(16(12)19-14)17(20)22-2/h8-10,19H,4-7,11H2,1-3H3. The fourth-order valence-electron chi connectivity index (χ4n) is 2.80. The van der Waals surface area contributed by atoms with E-state index >= 15 is 0 Å². The molecule has 0 bridgehead atoms. The summed E-state index contributed by atoms with van der Waals surface area (Å²) >= 11 is 0. The minimum Gasteiger partial charge on any atom is -0.465 e. The molecule has 0 aliphatic carbocycles. The number of aromatic nitrogens is 1. The number of unbranched alkanes of at least 4 members (excludes halogenated alkanes) is 3. The zero-order valence-corrected chi connectivity index (χ0v) is 13.9. The maximum absolute atomic E-state index is 12.2. The van der Waals surface area contributed by atoms with Gasteiger partial charge in [0.05, 0.1) is 30.9 Å². The van der Waals surface area contributed by atoms with Crippen molar-refractivity contribution in [2.45, 2.75) is 39.0 Å². The number of nitrogens with one attached hydrogen (secondary N) is 1. The molecule has 0 fully saturated rings. The van der Waals surface area contributed by atoms with E-state index in [1.165, 1.54) is 20.6 Å². The average molecular weight is 317 g/mol. The van der Waals surface area contributed by atoms with Crippen LogP contribution in [0.5, 0.6) is 0 Å². The van der Waals surface area contributed by atoms with Crippen LogP contribution >= 0.6 is 0 Å². The fourth-order valence-corrected chi connectivity index (χ4v) is 2.80. The Labute approximate surface area is 136 Å². The van der Waals surface area contributed by atoms with Crippen LogP contribution in [0, 0.1) is 0 Å². The van der Waals surface area contributed by atoms with Gasteiger partial charge >= 0.3 is 11.9 Å². The van der Waals surface area contributed by atoms with Crippen molar-refractivity contribution in [2.75, 3.05) is 14.2 Å². The number of fused-ring (bicyclic) bond motifs is 1. The first-order valence-corrected chi connectivity index (χ1v) is 7.94. The van der Waals surface area contributed by atoms with Gasteiger partial charge in [-0.2, -0.15) is 0 Å². The predicted molar refractivity (Wildman–Crippen MR) is 88.8 cm³/mol. The molecule has 0 aliphatic rings. The number of benzene rings is 1. The van der Waals surface area contributed by atoms with Gasteiger partial charge in [0.25, 0.3) is 0 Å². The molecule has 1 N–H and O–H groups in total. The number of ether oxygens (including phenoxy) is 2. The van der Waals surface area contributed by atoms with Crippen molar-refractivity contribution in [1.29, 1.82) is 0 Å². The Balaban J connectivity index is 2.47. The zero-order chi connectivity index (χ0) is 16.8. The number of aryl methyl sites for hydroxylation is 1. The summed E-state index contributed by atoms with van der Waals surface area (Å²) in [5.74, 6) is -0.811. The van der Waals surface area contributed by atoms with Gasteiger partial charge in [-0.1, -0.05) is 38.3 Å². The molecule has 0 aliphatic heterocycles. The number of esters is 2. The lowest BCUT2D eigenvalue weighted by Gasteiger charge is -2.03. The van der Waals surface area contributed by atoms with Crippen LogP contribution in [-0.2, 0) is 15.9 Å². The Hall–Kier alpha value is -2.30. The average Bonchev–Trinajstić information content (AvgIpc) is 2.95. The number of methoxy groups -OCH3 is 2. The largest absolute Gasteiger partial charge is 0.465 e. The molecule has 0 saturated heterocycles. The van der Waals surface area contributed by atoms with Crippen LogP contribution in [0.1, 0.15) is 59.0 Å². The predicted octanol–water partition coefficient (Wildman–Crippen LogP) is 3.86. The molecule has 2 rings (SSSR count). The number of hydrogen-bond donors (Lipinski definition) is 1. The number of H-pyrrole nitrogens is 1. The van der Waals surface area contributed by atoms with Crippen LogP contribution < -0.4 is 0 Å². The third-order valence-electron chi connectivity index (χ3n) is 3.99. The van der Waals surface area contributed by atoms with Crippen molar-refractivity contribution in [3.05, 3.63) is 35.0 Å². The second-order valence-corrected chi connectivity index (χ2v) is 5.50. The molecule has 5 heteroatoms. The first-order valence-electron chi connectivity index (χ1n) is 7.94. The van der Waals surface area contributed by atoms with Gasteiger partial charge in [-0.15, -0.1) is 0 Å². The summed E-state index contributed by atoms with van der Waals surface area (Å²) < 4.78 is 9.74. The Morgan fingerprint density at radius 3 is 2.43 bits per heavy atom. The van der Waals surface area contributed by atoms with Crippen molar-refractivity contribution in [1.82, 2.24) is 4.98 Å². The van der Waals surface area contributed by atoms with Gasteiger partial charge in [0.2, 0.25) is 0 Å². The Morgan fingerprint density at radius 1 is 1.04 bits per heavy atom. The molecule has 0 radical (unpaired) electrons. The molecule has 0 spiro atoms. The van der Waals surface area contributed by atoms with E-state index in [4.69, 9.17) is 9.47 Å². The molecule has 23 heavy (non-hydrogen) atoms. The van der Waals surface area contributed by atoms with E-state index < -0.39 is 5.97 Å². The first-order chi connectivity index (χ1) is 11.1. The van der Waals surface area contributed by atoms with Crippen molar-refractivity contribution >= 4 is 22.8 Å². The summed E-state index contributed by atoms with van der Waals surface area (Å²) in [5.41, 5.74) is 2.39. The Bertz CT molecular complexity index is 702. The van der Waals surface area contributed by atoms with Gasteiger partial charge in [0, 0.05) is 11.1 Å². The maximum Gasteiger partial charge on any atom is 0.340 e. The van der Waals surface area contributed by atoms with Gasteiger partial charge in [-0.3, -0.25) is 0 Å². The molecule has 0 saturated carbocycles. The highest BCUT2D eigenvalue weighted by atomic mass is 16.5. The SMILES string of the molecule is CCCCCCc1[nH]c2c(C(=O)OC)cccc2c1C(=O)OC. The molecular formula is C18H23NO4. The van der Waals surface area contributed by atoms with E-state index in [1.54, 1.807) is 12.1 Å². The zero-order valence-electron chi connectivity index (χ0n) is 13.9. The highest BCUT2D eigenvalue weighted by molar-refractivity contribution is 6.11. The van der Waals surface area contributed by atoms with Gasteiger partial charge in [0.15, 0.2) is 0 Å². The summed E-state index contributed by atoms with van der Waals surface area (Å²) in [6, 6.07) is 5.25. The number of carbonyl (C=O) groups is 2. The van der Waals surface area contributed by atoms with E-state index in [9.17, 15) is 9.59 Å². The normalized spacial score (nSPS) is 10.7. The summed E-state index contributed by atoms with van der Waals surface area (Å²) in [6.07, 6.45) is 5.17. The van der Waals surface area contributed by atoms with Gasteiger partial charge in [-0.25, -0.2) is 9.59 Å².